The summed E-state index contributed by atoms with van der Waals surface area (Å²) in [4.78, 5) is 4.41. The molecule has 1 aromatic heterocycles. The number of unbranched alkanes of at least 4 members (excludes halogenated alkanes) is 28. The summed E-state index contributed by atoms with van der Waals surface area (Å²) in [7, 11) is 1.76. The fourth-order valence-corrected chi connectivity index (χ4v) is 9.92. The Morgan fingerprint density at radius 2 is 0.594 bits per heavy atom. The molecule has 5 rings (SSSR count). The summed E-state index contributed by atoms with van der Waals surface area (Å²) in [5.74, 6) is 4.07. The van der Waals surface area contributed by atoms with E-state index >= 15 is 0 Å². The first kappa shape index (κ1) is 55.8. The van der Waals surface area contributed by atoms with Gasteiger partial charge in [0.05, 0.1) is 45.6 Å². The summed E-state index contributed by atoms with van der Waals surface area (Å²) >= 11 is 0. The average Bonchev–Trinajstić information content (AvgIpc) is 3.92. The molecule has 0 N–H and O–H groups in total. The van der Waals surface area contributed by atoms with Gasteiger partial charge in [-0.3, -0.25) is 0 Å². The van der Waals surface area contributed by atoms with E-state index in [0.29, 0.717) is 26.4 Å². The minimum absolute atomic E-state index is 0.671. The standard InChI is InChI=1S/C62H96N2O5/c1-6-10-14-18-22-26-30-34-40-66-59-46-53-51-44-57(64-39-38-63-50-64)58(65-5)45-52(51)54-47-60(67-41-35-31-27-23-19-15-11-7-2)62(69-43-37-33-29-25-21-17-13-9-4)49-56(54)55(53)48-61(59)68-42-36-32-28-24-20-16-12-8-3/h38-39,44-50H,6-37,40-43H2,1-5H3. The van der Waals surface area contributed by atoms with Gasteiger partial charge in [0.15, 0.2) is 23.0 Å². The minimum Gasteiger partial charge on any atom is -0.495 e. The van der Waals surface area contributed by atoms with Gasteiger partial charge in [0.25, 0.3) is 0 Å². The molecule has 0 atom stereocenters. The molecule has 0 spiro atoms. The van der Waals surface area contributed by atoms with Crippen molar-refractivity contribution in [2.45, 2.75) is 233 Å². The van der Waals surface area contributed by atoms with Crippen LogP contribution in [0.2, 0.25) is 0 Å². The van der Waals surface area contributed by atoms with Crippen LogP contribution in [0.5, 0.6) is 28.7 Å². The summed E-state index contributed by atoms with van der Waals surface area (Å²) in [5, 5.41) is 6.69. The highest BCUT2D eigenvalue weighted by atomic mass is 16.5. The van der Waals surface area contributed by atoms with Crippen molar-refractivity contribution in [2.24, 2.45) is 0 Å². The van der Waals surface area contributed by atoms with Crippen molar-refractivity contribution in [1.82, 2.24) is 9.55 Å². The number of hydrogen-bond acceptors (Lipinski definition) is 6. The highest BCUT2D eigenvalue weighted by Gasteiger charge is 2.20. The quantitative estimate of drug-likeness (QED) is 0.0287. The Hall–Kier alpha value is -4.13. The van der Waals surface area contributed by atoms with Crippen molar-refractivity contribution in [3.05, 3.63) is 55.1 Å². The molecule has 7 nitrogen and oxygen atoms in total. The van der Waals surface area contributed by atoms with Gasteiger partial charge >= 0.3 is 0 Å². The van der Waals surface area contributed by atoms with Crippen LogP contribution >= 0.6 is 0 Å². The number of aromatic nitrogens is 2. The number of rotatable bonds is 42. The van der Waals surface area contributed by atoms with Crippen molar-refractivity contribution >= 4 is 32.3 Å². The van der Waals surface area contributed by atoms with Crippen LogP contribution in [-0.2, 0) is 0 Å². The highest BCUT2D eigenvalue weighted by Crippen LogP contribution is 2.46. The number of imidazole rings is 1. The Balaban J connectivity index is 1.52. The van der Waals surface area contributed by atoms with Gasteiger partial charge < -0.3 is 28.3 Å². The average molecular weight is 949 g/mol. The van der Waals surface area contributed by atoms with Crippen molar-refractivity contribution in [3.63, 3.8) is 0 Å². The third-order valence-electron chi connectivity index (χ3n) is 14.2. The fraction of sp³-hybridized carbons (Fsp3) is 0.661. The Morgan fingerprint density at radius 3 is 0.855 bits per heavy atom. The molecule has 0 amide bonds. The second kappa shape index (κ2) is 34.2. The summed E-state index contributed by atoms with van der Waals surface area (Å²) in [5.41, 5.74) is 0.941. The maximum atomic E-state index is 6.79. The molecule has 0 fully saturated rings. The lowest BCUT2D eigenvalue weighted by molar-refractivity contribution is 0.258. The van der Waals surface area contributed by atoms with Gasteiger partial charge in [-0.05, 0) is 94.4 Å². The Bertz CT molecular complexity index is 2110. The first-order valence-corrected chi connectivity index (χ1v) is 28.7. The zero-order chi connectivity index (χ0) is 48.6. The molecule has 4 aromatic carbocycles. The van der Waals surface area contributed by atoms with Crippen LogP contribution in [0, 0.1) is 0 Å². The minimum atomic E-state index is 0.671. The van der Waals surface area contributed by atoms with E-state index in [1.807, 2.05) is 23.3 Å². The lowest BCUT2D eigenvalue weighted by Gasteiger charge is -2.20. The van der Waals surface area contributed by atoms with Crippen LogP contribution in [0.4, 0.5) is 0 Å². The lowest BCUT2D eigenvalue weighted by Crippen LogP contribution is -2.04. The van der Waals surface area contributed by atoms with E-state index < -0.39 is 0 Å². The van der Waals surface area contributed by atoms with Crippen LogP contribution < -0.4 is 23.7 Å². The topological polar surface area (TPSA) is 64.0 Å². The molecule has 69 heavy (non-hydrogen) atoms. The Morgan fingerprint density at radius 1 is 0.333 bits per heavy atom. The van der Waals surface area contributed by atoms with Gasteiger partial charge in [-0.15, -0.1) is 0 Å². The third kappa shape index (κ3) is 19.2. The van der Waals surface area contributed by atoms with Crippen LogP contribution in [0.1, 0.15) is 233 Å². The van der Waals surface area contributed by atoms with Crippen molar-refractivity contribution in [2.75, 3.05) is 33.5 Å². The van der Waals surface area contributed by atoms with E-state index in [1.165, 1.54) is 180 Å². The molecule has 0 bridgehead atoms. The zero-order valence-electron chi connectivity index (χ0n) is 44.6. The van der Waals surface area contributed by atoms with E-state index in [0.717, 1.165) is 92.4 Å². The van der Waals surface area contributed by atoms with E-state index in [9.17, 15) is 0 Å². The molecule has 0 saturated carbocycles. The highest BCUT2D eigenvalue weighted by molar-refractivity contribution is 6.27. The van der Waals surface area contributed by atoms with E-state index in [2.05, 4.69) is 69.1 Å². The van der Waals surface area contributed by atoms with Gasteiger partial charge in [0, 0.05) is 12.4 Å². The first-order valence-electron chi connectivity index (χ1n) is 28.7. The zero-order valence-corrected chi connectivity index (χ0v) is 44.6. The molecule has 0 radical (unpaired) electrons. The number of benzene rings is 4. The molecule has 0 aliphatic rings. The number of fused-ring (bicyclic) bond motifs is 6. The molecule has 0 aliphatic heterocycles. The molecule has 1 heterocycles. The molecular formula is C62H96N2O5. The van der Waals surface area contributed by atoms with Crippen LogP contribution in [0.15, 0.2) is 55.1 Å². The molecule has 5 aromatic rings. The second-order valence-corrected chi connectivity index (χ2v) is 20.0. The van der Waals surface area contributed by atoms with Gasteiger partial charge in [-0.2, -0.15) is 0 Å². The summed E-state index contributed by atoms with van der Waals surface area (Å²) in [6.45, 7) is 11.8. The predicted octanol–water partition coefficient (Wildman–Crippen LogP) is 19.4. The normalized spacial score (nSPS) is 11.6. The number of nitrogens with zero attached hydrogens (tertiary/aromatic N) is 2. The van der Waals surface area contributed by atoms with Crippen LogP contribution in [0.25, 0.3) is 38.0 Å². The monoisotopic (exact) mass is 949 g/mol. The maximum absolute atomic E-state index is 6.79. The Kier molecular flexibility index (Phi) is 27.7. The molecule has 0 aliphatic carbocycles. The Labute approximate surface area is 420 Å². The van der Waals surface area contributed by atoms with Gasteiger partial charge in [-0.25, -0.2) is 4.98 Å². The molecule has 0 saturated heterocycles. The molecular weight excluding hydrogens is 853 g/mol. The predicted molar refractivity (Wildman–Crippen MR) is 295 cm³/mol. The van der Waals surface area contributed by atoms with Gasteiger partial charge in [0.2, 0.25) is 0 Å². The maximum Gasteiger partial charge on any atom is 0.161 e. The van der Waals surface area contributed by atoms with E-state index in [-0.39, 0.29) is 0 Å². The van der Waals surface area contributed by atoms with Crippen LogP contribution in [0.3, 0.4) is 0 Å². The van der Waals surface area contributed by atoms with Crippen LogP contribution in [-0.4, -0.2) is 43.1 Å². The summed E-state index contributed by atoms with van der Waals surface area (Å²) in [6.07, 6.45) is 46.0. The number of ether oxygens (including phenoxy) is 5. The molecule has 0 unspecified atom stereocenters. The van der Waals surface area contributed by atoms with Crippen molar-refractivity contribution in [3.8, 4) is 34.4 Å². The number of methoxy groups -OCH3 is 1. The van der Waals surface area contributed by atoms with Crippen molar-refractivity contribution < 1.29 is 23.7 Å². The third-order valence-corrected chi connectivity index (χ3v) is 14.2. The SMILES string of the molecule is CCCCCCCCCCOc1cc2c3cc(OCCCCCCCCCC)c(OCCCCCCCCCC)cc3c3cc(-n4ccnc4)c(OC)cc3c2cc1OCCCCCCCCCC. The van der Waals surface area contributed by atoms with E-state index in [1.54, 1.807) is 7.11 Å². The molecule has 7 heteroatoms. The second-order valence-electron chi connectivity index (χ2n) is 20.0. The van der Waals surface area contributed by atoms with Crippen molar-refractivity contribution in [1.29, 1.82) is 0 Å². The van der Waals surface area contributed by atoms with Gasteiger partial charge in [-0.1, -0.05) is 207 Å². The van der Waals surface area contributed by atoms with E-state index in [4.69, 9.17) is 23.7 Å². The summed E-state index contributed by atoms with van der Waals surface area (Å²) < 4.78 is 35.3. The van der Waals surface area contributed by atoms with Gasteiger partial charge in [0.1, 0.15) is 5.75 Å². The number of hydrogen-bond donors (Lipinski definition) is 0. The lowest BCUT2D eigenvalue weighted by atomic mass is 9.92. The first-order chi connectivity index (χ1) is 34.1. The fourth-order valence-electron chi connectivity index (χ4n) is 9.92. The molecule has 384 valence electrons. The smallest absolute Gasteiger partial charge is 0.161 e. The largest absolute Gasteiger partial charge is 0.495 e. The summed E-state index contributed by atoms with van der Waals surface area (Å²) in [6, 6.07) is 13.5.